The van der Waals surface area contributed by atoms with E-state index in [9.17, 15) is 23.1 Å². The normalized spacial score (nSPS) is 14.1. The average Bonchev–Trinajstić information content (AvgIpc) is 3.21. The number of nitrogens with zero attached hydrogens (tertiary/aromatic N) is 1. The minimum Gasteiger partial charge on any atom is -0.512 e. The van der Waals surface area contributed by atoms with E-state index in [2.05, 4.69) is 41.4 Å². The molecule has 6 rings (SSSR count). The van der Waals surface area contributed by atoms with E-state index in [4.69, 9.17) is 0 Å². The number of aliphatic hydroxyl groups is 1. The molecule has 0 amide bonds. The van der Waals surface area contributed by atoms with Gasteiger partial charge in [0.15, 0.2) is 5.78 Å². The molecular weight excluding hydrogens is 788 g/mol. The number of hydrogen-bond donors (Lipinski definition) is 1. The third-order valence-corrected chi connectivity index (χ3v) is 8.87. The van der Waals surface area contributed by atoms with Crippen molar-refractivity contribution >= 4 is 27.3 Å². The molecule has 1 aliphatic carbocycles. The third-order valence-electron chi connectivity index (χ3n) is 8.87. The van der Waals surface area contributed by atoms with Crippen LogP contribution >= 0.6 is 0 Å². The Labute approximate surface area is 294 Å². The Hall–Kier alpha value is -3.80. The van der Waals surface area contributed by atoms with Gasteiger partial charge in [-0.2, -0.15) is 13.2 Å². The van der Waals surface area contributed by atoms with Gasteiger partial charge in [0.05, 0.1) is 5.56 Å². The van der Waals surface area contributed by atoms with Crippen LogP contribution in [0, 0.1) is 23.8 Å². The van der Waals surface area contributed by atoms with Crippen molar-refractivity contribution in [1.82, 2.24) is 4.98 Å². The maximum absolute atomic E-state index is 13.5. The number of alkyl halides is 3. The fraction of sp³-hybridized carbons (Fsp3) is 0.317. The number of rotatable bonds is 2. The summed E-state index contributed by atoms with van der Waals surface area (Å²) in [6.07, 6.45) is -1.22. The van der Waals surface area contributed by atoms with Crippen molar-refractivity contribution < 1.29 is 43.2 Å². The third kappa shape index (κ3) is 6.99. The molecule has 48 heavy (non-hydrogen) atoms. The summed E-state index contributed by atoms with van der Waals surface area (Å²) >= 11 is 0. The number of ketones is 1. The maximum atomic E-state index is 13.5. The van der Waals surface area contributed by atoms with Gasteiger partial charge in [0, 0.05) is 48.6 Å². The van der Waals surface area contributed by atoms with Crippen molar-refractivity contribution in [3.8, 4) is 22.4 Å². The summed E-state index contributed by atoms with van der Waals surface area (Å²) in [5.74, 6) is 0.104. The van der Waals surface area contributed by atoms with Crippen molar-refractivity contribution in [1.29, 1.82) is 0 Å². The number of allylic oxidation sites excluding steroid dienone is 2. The molecular formula is C41H41F3IrNO2-. The molecule has 1 aromatic heterocycles. The zero-order valence-corrected chi connectivity index (χ0v) is 31.2. The first kappa shape index (κ1) is 37.0. The van der Waals surface area contributed by atoms with Crippen molar-refractivity contribution in [2.75, 3.05) is 0 Å². The van der Waals surface area contributed by atoms with Crippen LogP contribution in [0.3, 0.4) is 0 Å². The number of hydrogen-bond acceptors (Lipinski definition) is 3. The first-order chi connectivity index (χ1) is 21.7. The molecule has 0 saturated carbocycles. The van der Waals surface area contributed by atoms with Crippen molar-refractivity contribution in [2.24, 2.45) is 10.8 Å². The summed E-state index contributed by atoms with van der Waals surface area (Å²) in [4.78, 5) is 16.1. The summed E-state index contributed by atoms with van der Waals surface area (Å²) in [5.41, 5.74) is 4.70. The molecule has 0 saturated heterocycles. The number of carbonyl (C=O) groups excluding carboxylic acids is 1. The molecule has 0 bridgehead atoms. The predicted octanol–water partition coefficient (Wildman–Crippen LogP) is 11.6. The molecule has 0 atom stereocenters. The largest absolute Gasteiger partial charge is 0.512 e. The van der Waals surface area contributed by atoms with Gasteiger partial charge in [-0.15, -0.1) is 35.4 Å². The van der Waals surface area contributed by atoms with E-state index in [1.807, 2.05) is 86.7 Å². The number of pyridine rings is 1. The Morgan fingerprint density at radius 2 is 1.42 bits per heavy atom. The van der Waals surface area contributed by atoms with Crippen LogP contribution in [0.4, 0.5) is 13.2 Å². The van der Waals surface area contributed by atoms with E-state index < -0.39 is 22.6 Å². The topological polar surface area (TPSA) is 50.2 Å². The average molecular weight is 829 g/mol. The van der Waals surface area contributed by atoms with Crippen molar-refractivity contribution in [2.45, 2.75) is 73.9 Å². The fourth-order valence-corrected chi connectivity index (χ4v) is 6.06. The predicted molar refractivity (Wildman–Crippen MR) is 185 cm³/mol. The van der Waals surface area contributed by atoms with Crippen LogP contribution in [0.2, 0.25) is 0 Å². The molecule has 4 aromatic carbocycles. The van der Waals surface area contributed by atoms with Crippen LogP contribution in [0.25, 0.3) is 43.9 Å². The molecule has 5 aromatic rings. The molecule has 0 aliphatic heterocycles. The fourth-order valence-electron chi connectivity index (χ4n) is 6.06. The Balaban J connectivity index is 0.000000319. The Morgan fingerprint density at radius 1 is 0.812 bits per heavy atom. The summed E-state index contributed by atoms with van der Waals surface area (Å²) in [6, 6.07) is 23.7. The van der Waals surface area contributed by atoms with Gasteiger partial charge in [0.1, 0.15) is 5.76 Å². The van der Waals surface area contributed by atoms with Crippen molar-refractivity contribution in [3.05, 3.63) is 113 Å². The summed E-state index contributed by atoms with van der Waals surface area (Å²) < 4.78 is 40.4. The zero-order chi connectivity index (χ0) is 34.7. The number of aromatic nitrogens is 1. The van der Waals surface area contributed by atoms with Crippen LogP contribution < -0.4 is 0 Å². The molecule has 7 heteroatoms. The first-order valence-electron chi connectivity index (χ1n) is 15.7. The first-order valence-corrected chi connectivity index (χ1v) is 15.7. The maximum Gasteiger partial charge on any atom is 0.416 e. The zero-order valence-electron chi connectivity index (χ0n) is 28.8. The van der Waals surface area contributed by atoms with Crippen LogP contribution in [0.5, 0.6) is 0 Å². The number of aliphatic hydroxyl groups excluding tert-OH is 1. The quantitative estimate of drug-likeness (QED) is 0.0835. The van der Waals surface area contributed by atoms with Gasteiger partial charge < -0.3 is 10.1 Å². The number of halogens is 3. The summed E-state index contributed by atoms with van der Waals surface area (Å²) in [7, 11) is 0. The van der Waals surface area contributed by atoms with Crippen molar-refractivity contribution in [3.63, 3.8) is 0 Å². The smallest absolute Gasteiger partial charge is 0.416 e. The van der Waals surface area contributed by atoms with Gasteiger partial charge in [-0.25, -0.2) is 0 Å². The molecule has 0 fully saturated rings. The minimum atomic E-state index is -4.37. The molecule has 0 spiro atoms. The van der Waals surface area contributed by atoms with Gasteiger partial charge >= 0.3 is 6.18 Å². The molecule has 1 N–H and O–H groups in total. The number of benzene rings is 4. The van der Waals surface area contributed by atoms with Gasteiger partial charge in [-0.3, -0.25) is 4.79 Å². The monoisotopic (exact) mass is 829 g/mol. The van der Waals surface area contributed by atoms with Crippen LogP contribution in [-0.2, 0) is 36.5 Å². The molecule has 253 valence electrons. The molecule has 0 unspecified atom stereocenters. The van der Waals surface area contributed by atoms with E-state index in [0.29, 0.717) is 0 Å². The standard InChI is InChI=1S/C30H21F3N.C11H20O2.Ir/c1-17-5-4-6-18(15-17)28-25-12-11-23-20(21(25)13-14-34-28)9-10-24-22-8-7-19(30(31,32)33)16-26(22)29(2,3)27(23)24;1-10(2,3)8(12)7-9(13)11(4,5)6;/h4-5,7-16H,1-3H3;7,12H,1-6H3;/q-1;;/b;8-7-;. The number of fused-ring (bicyclic) bond motifs is 7. The van der Waals surface area contributed by atoms with Crippen LogP contribution in [-0.4, -0.2) is 15.9 Å². The van der Waals surface area contributed by atoms with Gasteiger partial charge in [-0.05, 0) is 67.7 Å². The second kappa shape index (κ2) is 12.9. The molecule has 3 nitrogen and oxygen atoms in total. The van der Waals surface area contributed by atoms with Gasteiger partial charge in [0.25, 0.3) is 0 Å². The van der Waals surface area contributed by atoms with Gasteiger partial charge in [-0.1, -0.05) is 92.6 Å². The van der Waals surface area contributed by atoms with Gasteiger partial charge in [0.2, 0.25) is 0 Å². The number of aryl methyl sites for hydroxylation is 1. The Morgan fingerprint density at radius 3 is 2.02 bits per heavy atom. The Kier molecular flexibility index (Phi) is 9.96. The van der Waals surface area contributed by atoms with E-state index in [-0.39, 0.29) is 37.1 Å². The van der Waals surface area contributed by atoms with E-state index in [1.165, 1.54) is 18.2 Å². The molecule has 1 aliphatic rings. The Bertz CT molecular complexity index is 2060. The second-order valence-electron chi connectivity index (χ2n) is 15.0. The van der Waals surface area contributed by atoms with E-state index in [1.54, 1.807) is 6.07 Å². The summed E-state index contributed by atoms with van der Waals surface area (Å²) in [6.45, 7) is 17.2. The summed E-state index contributed by atoms with van der Waals surface area (Å²) in [5, 5.41) is 13.8. The molecule has 1 radical (unpaired) electrons. The van der Waals surface area contributed by atoms with Crippen LogP contribution in [0.15, 0.2) is 84.8 Å². The second-order valence-corrected chi connectivity index (χ2v) is 15.0. The SMILES string of the molecule is CC(C)(C)C(=O)/C=C(\O)C(C)(C)C.Cc1cc[c-]c(-c2nccc3c2ccc2c4c(ccc23)-c2ccc(C(F)(F)F)cc2C4(C)C)c1.[Ir]. The van der Waals surface area contributed by atoms with Crippen LogP contribution in [0.1, 0.15) is 77.6 Å². The minimum absolute atomic E-state index is 0. The molecule has 1 heterocycles. The number of carbonyl (C=O) groups is 1. The van der Waals surface area contributed by atoms with E-state index in [0.717, 1.165) is 60.6 Å². The van der Waals surface area contributed by atoms with E-state index >= 15 is 0 Å².